The van der Waals surface area contributed by atoms with Gasteiger partial charge in [0.05, 0.1) is 22.1 Å². The first-order valence-electron chi connectivity index (χ1n) is 13.5. The second-order valence-electron chi connectivity index (χ2n) is 10.1. The molecule has 1 aromatic heterocycles. The zero-order chi connectivity index (χ0) is 28.2. The van der Waals surface area contributed by atoms with E-state index in [0.29, 0.717) is 22.0 Å². The van der Waals surface area contributed by atoms with Gasteiger partial charge < -0.3 is 14.6 Å². The highest BCUT2D eigenvalue weighted by atomic mass is 32.2. The van der Waals surface area contributed by atoms with E-state index in [1.807, 2.05) is 60.9 Å². The molecule has 40 heavy (non-hydrogen) atoms. The van der Waals surface area contributed by atoms with Crippen LogP contribution in [0.2, 0.25) is 0 Å². The molecule has 1 N–H and O–H groups in total. The van der Waals surface area contributed by atoms with Crippen molar-refractivity contribution >= 4 is 40.4 Å². The zero-order valence-electron chi connectivity index (χ0n) is 22.6. The molecule has 10 heteroatoms. The number of amides is 2. The van der Waals surface area contributed by atoms with E-state index in [1.165, 1.54) is 11.3 Å². The molecule has 208 valence electrons. The molecule has 2 fully saturated rings. The van der Waals surface area contributed by atoms with E-state index in [9.17, 15) is 19.7 Å². The van der Waals surface area contributed by atoms with Crippen molar-refractivity contribution in [3.05, 3.63) is 86.6 Å². The van der Waals surface area contributed by atoms with Gasteiger partial charge in [-0.2, -0.15) is 0 Å². The van der Waals surface area contributed by atoms with E-state index < -0.39 is 0 Å². The van der Waals surface area contributed by atoms with Crippen molar-refractivity contribution < 1.29 is 19.2 Å². The number of nitrogens with one attached hydrogen (secondary N) is 1. The number of nitro groups is 1. The molecule has 0 unspecified atom stereocenters. The normalized spacial score (nSPS) is 17.1. The highest BCUT2D eigenvalue weighted by Gasteiger charge is 2.35. The molecule has 2 amide bonds. The van der Waals surface area contributed by atoms with E-state index in [2.05, 4.69) is 5.32 Å². The van der Waals surface area contributed by atoms with E-state index in [-0.39, 0.29) is 41.0 Å². The molecule has 2 aliphatic rings. The predicted molar refractivity (Wildman–Crippen MR) is 157 cm³/mol. The monoisotopic (exact) mass is 560 g/mol. The standard InChI is InChI=1S/C30H32N4O5S/c1-20-17-22(18-28-29(35)32(30(36)40-28)15-16-39-25-11-7-4-8-12-25)21(2)33(20)24-13-14-26(27(19-24)34(37)38)31-23-9-5-3-6-10-23/h4,7-8,11-14,17-19,23,31H,3,5-6,9-10,15-16H2,1-2H3/b28-18-. The maximum atomic E-state index is 13.0. The lowest BCUT2D eigenvalue weighted by molar-refractivity contribution is -0.384. The number of ether oxygens (including phenoxy) is 1. The van der Waals surface area contributed by atoms with Gasteiger partial charge in [-0.15, -0.1) is 0 Å². The number of benzene rings is 2. The number of imide groups is 1. The van der Waals surface area contributed by atoms with Crippen LogP contribution >= 0.6 is 11.8 Å². The van der Waals surface area contributed by atoms with E-state index in [1.54, 1.807) is 18.2 Å². The number of aromatic nitrogens is 1. The Hall–Kier alpha value is -4.05. The highest BCUT2D eigenvalue weighted by molar-refractivity contribution is 8.18. The number of carbonyl (C=O) groups excluding carboxylic acids is 2. The van der Waals surface area contributed by atoms with Crippen molar-refractivity contribution in [1.29, 1.82) is 0 Å². The average molecular weight is 561 g/mol. The first-order valence-corrected chi connectivity index (χ1v) is 14.3. The molecular formula is C30H32N4O5S. The third-order valence-electron chi connectivity index (χ3n) is 7.36. The Morgan fingerprint density at radius 2 is 1.82 bits per heavy atom. The van der Waals surface area contributed by atoms with Crippen molar-refractivity contribution in [1.82, 2.24) is 9.47 Å². The molecule has 5 rings (SSSR count). The number of hydrogen-bond donors (Lipinski definition) is 1. The van der Waals surface area contributed by atoms with Gasteiger partial charge in [-0.05, 0) is 80.4 Å². The second-order valence-corrected chi connectivity index (χ2v) is 11.1. The van der Waals surface area contributed by atoms with Crippen molar-refractivity contribution in [3.63, 3.8) is 0 Å². The molecular weight excluding hydrogens is 528 g/mol. The number of anilines is 1. The molecule has 1 aliphatic carbocycles. The number of nitro benzene ring substituents is 1. The summed E-state index contributed by atoms with van der Waals surface area (Å²) in [7, 11) is 0. The molecule has 2 heterocycles. The molecule has 1 saturated carbocycles. The summed E-state index contributed by atoms with van der Waals surface area (Å²) in [5.74, 6) is 0.320. The van der Waals surface area contributed by atoms with Crippen LogP contribution in [0.25, 0.3) is 11.8 Å². The second kappa shape index (κ2) is 12.0. The van der Waals surface area contributed by atoms with Crippen molar-refractivity contribution in [2.75, 3.05) is 18.5 Å². The van der Waals surface area contributed by atoms with Crippen LogP contribution in [0, 0.1) is 24.0 Å². The quantitative estimate of drug-likeness (QED) is 0.173. The third-order valence-corrected chi connectivity index (χ3v) is 8.27. The summed E-state index contributed by atoms with van der Waals surface area (Å²) in [5.41, 5.74) is 3.70. The van der Waals surface area contributed by atoms with Gasteiger partial charge in [0, 0.05) is 23.5 Å². The van der Waals surface area contributed by atoms with Crippen LogP contribution in [0.15, 0.2) is 59.5 Å². The fourth-order valence-corrected chi connectivity index (χ4v) is 6.19. The Labute approximate surface area is 237 Å². The number of nitrogens with zero attached hydrogens (tertiary/aromatic N) is 3. The van der Waals surface area contributed by atoms with Gasteiger partial charge in [-0.25, -0.2) is 0 Å². The van der Waals surface area contributed by atoms with Crippen LogP contribution in [-0.4, -0.2) is 44.7 Å². The smallest absolute Gasteiger partial charge is 0.294 e. The first kappa shape index (κ1) is 27.5. The van der Waals surface area contributed by atoms with Gasteiger partial charge >= 0.3 is 0 Å². The number of hydrogen-bond acceptors (Lipinski definition) is 7. The Bertz CT molecular complexity index is 1460. The zero-order valence-corrected chi connectivity index (χ0v) is 23.4. The lowest BCUT2D eigenvalue weighted by Crippen LogP contribution is -2.32. The van der Waals surface area contributed by atoms with Gasteiger partial charge in [0.25, 0.3) is 16.8 Å². The summed E-state index contributed by atoms with van der Waals surface area (Å²) >= 11 is 0.903. The minimum Gasteiger partial charge on any atom is -0.492 e. The van der Waals surface area contributed by atoms with Gasteiger partial charge in [0.2, 0.25) is 0 Å². The average Bonchev–Trinajstić information content (AvgIpc) is 3.38. The van der Waals surface area contributed by atoms with Crippen LogP contribution < -0.4 is 10.1 Å². The van der Waals surface area contributed by atoms with Gasteiger partial charge in [0.1, 0.15) is 18.0 Å². The minimum atomic E-state index is -0.356. The molecule has 1 saturated heterocycles. The largest absolute Gasteiger partial charge is 0.492 e. The summed E-state index contributed by atoms with van der Waals surface area (Å²) < 4.78 is 7.58. The summed E-state index contributed by atoms with van der Waals surface area (Å²) in [6.07, 6.45) is 7.23. The van der Waals surface area contributed by atoms with Crippen molar-refractivity contribution in [2.45, 2.75) is 52.0 Å². The highest BCUT2D eigenvalue weighted by Crippen LogP contribution is 2.35. The molecule has 0 bridgehead atoms. The number of carbonyl (C=O) groups is 2. The molecule has 1 aliphatic heterocycles. The molecule has 3 aromatic rings. The number of rotatable bonds is 9. The molecule has 0 atom stereocenters. The summed E-state index contributed by atoms with van der Waals surface area (Å²) in [6, 6.07) is 16.7. The van der Waals surface area contributed by atoms with Crippen LogP contribution in [0.1, 0.15) is 49.1 Å². The van der Waals surface area contributed by atoms with Gasteiger partial charge in [0.15, 0.2) is 0 Å². The number of thioether (sulfide) groups is 1. The van der Waals surface area contributed by atoms with E-state index >= 15 is 0 Å². The fraction of sp³-hybridized carbons (Fsp3) is 0.333. The van der Waals surface area contributed by atoms with Gasteiger partial charge in [-0.3, -0.25) is 24.6 Å². The predicted octanol–water partition coefficient (Wildman–Crippen LogP) is 6.86. The van der Waals surface area contributed by atoms with E-state index in [0.717, 1.165) is 54.4 Å². The number of aryl methyl sites for hydroxylation is 1. The molecule has 9 nitrogen and oxygen atoms in total. The van der Waals surface area contributed by atoms with Crippen LogP contribution in [-0.2, 0) is 4.79 Å². The number of para-hydroxylation sites is 1. The van der Waals surface area contributed by atoms with Gasteiger partial charge in [-0.1, -0.05) is 37.5 Å². The summed E-state index contributed by atoms with van der Waals surface area (Å²) in [4.78, 5) is 38.8. The topological polar surface area (TPSA) is 107 Å². The maximum absolute atomic E-state index is 13.0. The fourth-order valence-electron chi connectivity index (χ4n) is 5.34. The first-order chi connectivity index (χ1) is 19.3. The lowest BCUT2D eigenvalue weighted by atomic mass is 9.95. The van der Waals surface area contributed by atoms with Crippen molar-refractivity contribution in [2.24, 2.45) is 0 Å². The minimum absolute atomic E-state index is 0.0379. The molecule has 0 radical (unpaired) electrons. The Kier molecular flexibility index (Phi) is 8.25. The Morgan fingerprint density at radius 3 is 2.55 bits per heavy atom. The Morgan fingerprint density at radius 1 is 1.07 bits per heavy atom. The van der Waals surface area contributed by atoms with Crippen LogP contribution in [0.3, 0.4) is 0 Å². The molecule has 0 spiro atoms. The third kappa shape index (κ3) is 5.91. The Balaban J connectivity index is 1.34. The SMILES string of the molecule is Cc1cc(/C=C2\SC(=O)N(CCOc3ccccc3)C2=O)c(C)n1-c1ccc(NC2CCCCC2)c([N+](=O)[O-])c1. The lowest BCUT2D eigenvalue weighted by Gasteiger charge is -2.24. The summed E-state index contributed by atoms with van der Waals surface area (Å²) in [5, 5.41) is 15.0. The summed E-state index contributed by atoms with van der Waals surface area (Å²) in [6.45, 7) is 4.17. The van der Waals surface area contributed by atoms with Crippen molar-refractivity contribution in [3.8, 4) is 11.4 Å². The maximum Gasteiger partial charge on any atom is 0.294 e. The molecule has 2 aromatic carbocycles. The van der Waals surface area contributed by atoms with Crippen LogP contribution in [0.4, 0.5) is 16.2 Å². The van der Waals surface area contributed by atoms with E-state index in [4.69, 9.17) is 4.74 Å². The van der Waals surface area contributed by atoms with Crippen LogP contribution in [0.5, 0.6) is 5.75 Å².